The van der Waals surface area contributed by atoms with Crippen molar-refractivity contribution in [3.05, 3.63) is 33.3 Å². The number of anilines is 1. The van der Waals surface area contributed by atoms with Crippen LogP contribution in [-0.2, 0) is 0 Å². The van der Waals surface area contributed by atoms with Crippen LogP contribution < -0.4 is 5.32 Å². The number of nitrogens with one attached hydrogen (secondary N) is 1. The number of halogens is 1. The van der Waals surface area contributed by atoms with E-state index >= 15 is 0 Å². The molecular weight excluding hydrogens is 268 g/mol. The summed E-state index contributed by atoms with van der Waals surface area (Å²) in [4.78, 5) is 10.1. The summed E-state index contributed by atoms with van der Waals surface area (Å²) in [5, 5.41) is 23.4. The smallest absolute Gasteiger partial charge is 0.288 e. The molecule has 0 aliphatic heterocycles. The maximum Gasteiger partial charge on any atom is 0.288 e. The van der Waals surface area contributed by atoms with Crippen molar-refractivity contribution < 1.29 is 10.0 Å². The van der Waals surface area contributed by atoms with Gasteiger partial charge >= 0.3 is 0 Å². The molecule has 0 bridgehead atoms. The molecule has 0 atom stereocenters. The number of aliphatic hydroxyl groups is 1. The first-order chi connectivity index (χ1) is 8.98. The highest BCUT2D eigenvalue weighted by Crippen LogP contribution is 2.29. The van der Waals surface area contributed by atoms with Crippen LogP contribution in [0.4, 0.5) is 11.4 Å². The standard InChI is InChI=1S/C13H19ClN2O3/c1-3-13(4-2,9-17)8-15-10-5-6-12(16(18)19)11(14)7-10/h5-7,15,17H,3-4,8-9H2,1-2H3. The summed E-state index contributed by atoms with van der Waals surface area (Å²) in [7, 11) is 0. The fourth-order valence-electron chi connectivity index (χ4n) is 1.83. The number of nitro benzene ring substituents is 1. The predicted octanol–water partition coefficient (Wildman–Crippen LogP) is 3.46. The zero-order chi connectivity index (χ0) is 14.5. The van der Waals surface area contributed by atoms with Crippen LogP contribution in [0, 0.1) is 15.5 Å². The van der Waals surface area contributed by atoms with E-state index in [2.05, 4.69) is 5.32 Å². The summed E-state index contributed by atoms with van der Waals surface area (Å²) in [6.45, 7) is 4.77. The van der Waals surface area contributed by atoms with Crippen molar-refractivity contribution in [2.45, 2.75) is 26.7 Å². The van der Waals surface area contributed by atoms with Gasteiger partial charge in [0.1, 0.15) is 5.02 Å². The van der Waals surface area contributed by atoms with Crippen LogP contribution in [0.3, 0.4) is 0 Å². The minimum Gasteiger partial charge on any atom is -0.396 e. The van der Waals surface area contributed by atoms with Crippen LogP contribution in [0.25, 0.3) is 0 Å². The van der Waals surface area contributed by atoms with Crippen LogP contribution in [0.15, 0.2) is 18.2 Å². The molecule has 0 aromatic heterocycles. The summed E-state index contributed by atoms with van der Waals surface area (Å²) < 4.78 is 0. The Balaban J connectivity index is 2.78. The molecule has 5 nitrogen and oxygen atoms in total. The van der Waals surface area contributed by atoms with Gasteiger partial charge in [-0.05, 0) is 25.0 Å². The first-order valence-electron chi connectivity index (χ1n) is 6.26. The van der Waals surface area contributed by atoms with E-state index in [1.165, 1.54) is 12.1 Å². The molecule has 0 unspecified atom stereocenters. The largest absolute Gasteiger partial charge is 0.396 e. The molecule has 19 heavy (non-hydrogen) atoms. The van der Waals surface area contributed by atoms with Crippen molar-refractivity contribution in [3.63, 3.8) is 0 Å². The molecule has 1 rings (SSSR count). The molecule has 2 N–H and O–H groups in total. The Kier molecular flexibility index (Phi) is 5.57. The summed E-state index contributed by atoms with van der Waals surface area (Å²) in [6.07, 6.45) is 1.71. The quantitative estimate of drug-likeness (QED) is 0.594. The average Bonchev–Trinajstić information content (AvgIpc) is 2.40. The number of nitro groups is 1. The fourth-order valence-corrected chi connectivity index (χ4v) is 2.08. The van der Waals surface area contributed by atoms with E-state index in [0.29, 0.717) is 6.54 Å². The molecule has 0 fully saturated rings. The van der Waals surface area contributed by atoms with Crippen LogP contribution >= 0.6 is 11.6 Å². The lowest BCUT2D eigenvalue weighted by Gasteiger charge is -2.30. The van der Waals surface area contributed by atoms with Crippen LogP contribution in [0.2, 0.25) is 5.02 Å². The van der Waals surface area contributed by atoms with Crippen molar-refractivity contribution in [1.82, 2.24) is 0 Å². The maximum absolute atomic E-state index is 10.7. The zero-order valence-electron chi connectivity index (χ0n) is 11.1. The Morgan fingerprint density at radius 3 is 2.47 bits per heavy atom. The highest BCUT2D eigenvalue weighted by Gasteiger charge is 2.25. The Hall–Kier alpha value is -1.33. The van der Waals surface area contributed by atoms with Gasteiger partial charge in [0.15, 0.2) is 0 Å². The van der Waals surface area contributed by atoms with Crippen molar-refractivity contribution in [2.75, 3.05) is 18.5 Å². The Morgan fingerprint density at radius 1 is 1.42 bits per heavy atom. The second-order valence-corrected chi connectivity index (χ2v) is 5.05. The van der Waals surface area contributed by atoms with Crippen molar-refractivity contribution in [1.29, 1.82) is 0 Å². The molecule has 1 aromatic carbocycles. The third-order valence-corrected chi connectivity index (χ3v) is 3.95. The van der Waals surface area contributed by atoms with Crippen LogP contribution in [0.1, 0.15) is 26.7 Å². The SMILES string of the molecule is CCC(CC)(CO)CNc1ccc([N+](=O)[O-])c(Cl)c1. The van der Waals surface area contributed by atoms with Gasteiger partial charge in [0.2, 0.25) is 0 Å². The minimum atomic E-state index is -0.512. The van der Waals surface area contributed by atoms with Gasteiger partial charge in [-0.3, -0.25) is 10.1 Å². The van der Waals surface area contributed by atoms with Crippen molar-refractivity contribution >= 4 is 23.0 Å². The van der Waals surface area contributed by atoms with E-state index in [0.717, 1.165) is 18.5 Å². The molecule has 0 spiro atoms. The fraction of sp³-hybridized carbons (Fsp3) is 0.538. The highest BCUT2D eigenvalue weighted by molar-refractivity contribution is 6.32. The molecule has 106 valence electrons. The third kappa shape index (κ3) is 3.81. The first kappa shape index (κ1) is 15.7. The Labute approximate surface area is 117 Å². The number of nitrogens with zero attached hydrogens (tertiary/aromatic N) is 1. The predicted molar refractivity (Wildman–Crippen MR) is 76.7 cm³/mol. The van der Waals surface area contributed by atoms with E-state index in [1.54, 1.807) is 6.07 Å². The lowest BCUT2D eigenvalue weighted by atomic mass is 9.83. The van der Waals surface area contributed by atoms with Crippen molar-refractivity contribution in [2.24, 2.45) is 5.41 Å². The van der Waals surface area contributed by atoms with E-state index in [1.807, 2.05) is 13.8 Å². The van der Waals surface area contributed by atoms with Crippen LogP contribution in [-0.4, -0.2) is 23.2 Å². The topological polar surface area (TPSA) is 75.4 Å². The van der Waals surface area contributed by atoms with E-state index in [-0.39, 0.29) is 22.7 Å². The Bertz CT molecular complexity index is 439. The second kappa shape index (κ2) is 6.73. The van der Waals surface area contributed by atoms with E-state index in [9.17, 15) is 15.2 Å². The lowest BCUT2D eigenvalue weighted by molar-refractivity contribution is -0.384. The number of hydrogen-bond acceptors (Lipinski definition) is 4. The van der Waals surface area contributed by atoms with Gasteiger partial charge in [-0.25, -0.2) is 0 Å². The van der Waals surface area contributed by atoms with Gasteiger partial charge in [-0.2, -0.15) is 0 Å². The summed E-state index contributed by atoms with van der Waals surface area (Å²) in [5.74, 6) is 0. The van der Waals surface area contributed by atoms with Gasteiger partial charge in [-0.1, -0.05) is 25.4 Å². The number of rotatable bonds is 7. The molecular formula is C13H19ClN2O3. The minimum absolute atomic E-state index is 0.105. The first-order valence-corrected chi connectivity index (χ1v) is 6.64. The van der Waals surface area contributed by atoms with E-state index in [4.69, 9.17) is 11.6 Å². The van der Waals surface area contributed by atoms with Crippen molar-refractivity contribution in [3.8, 4) is 0 Å². The molecule has 0 aliphatic rings. The summed E-state index contributed by atoms with van der Waals surface area (Å²) >= 11 is 5.84. The molecule has 0 saturated heterocycles. The molecule has 1 aromatic rings. The van der Waals surface area contributed by atoms with Gasteiger partial charge < -0.3 is 10.4 Å². The highest BCUT2D eigenvalue weighted by atomic mass is 35.5. The maximum atomic E-state index is 10.7. The monoisotopic (exact) mass is 286 g/mol. The molecule has 0 heterocycles. The summed E-state index contributed by atoms with van der Waals surface area (Å²) in [5.41, 5.74) is 0.441. The number of benzene rings is 1. The van der Waals surface area contributed by atoms with Gasteiger partial charge in [0.05, 0.1) is 11.5 Å². The molecule has 6 heteroatoms. The number of hydrogen-bond donors (Lipinski definition) is 2. The zero-order valence-corrected chi connectivity index (χ0v) is 11.9. The Morgan fingerprint density at radius 2 is 2.05 bits per heavy atom. The molecule has 0 amide bonds. The summed E-state index contributed by atoms with van der Waals surface area (Å²) in [6, 6.07) is 4.54. The lowest BCUT2D eigenvalue weighted by Crippen LogP contribution is -2.32. The second-order valence-electron chi connectivity index (χ2n) is 4.64. The van der Waals surface area contributed by atoms with Gasteiger partial charge in [-0.15, -0.1) is 0 Å². The molecule has 0 saturated carbocycles. The normalized spacial score (nSPS) is 11.4. The van der Waals surface area contributed by atoms with Gasteiger partial charge in [0.25, 0.3) is 5.69 Å². The average molecular weight is 287 g/mol. The van der Waals surface area contributed by atoms with E-state index < -0.39 is 4.92 Å². The molecule has 0 radical (unpaired) electrons. The molecule has 0 aliphatic carbocycles. The third-order valence-electron chi connectivity index (χ3n) is 3.65. The van der Waals surface area contributed by atoms with Crippen LogP contribution in [0.5, 0.6) is 0 Å². The van der Waals surface area contributed by atoms with Gasteiger partial charge in [0, 0.05) is 23.7 Å². The number of aliphatic hydroxyl groups excluding tert-OH is 1.